The van der Waals surface area contributed by atoms with Crippen LogP contribution in [-0.2, 0) is 6.42 Å². The summed E-state index contributed by atoms with van der Waals surface area (Å²) >= 11 is 1.48. The van der Waals surface area contributed by atoms with Gasteiger partial charge in [-0.3, -0.25) is 11.3 Å². The number of nitrogens with one attached hydrogen (secondary N) is 1. The van der Waals surface area contributed by atoms with Gasteiger partial charge in [-0.15, -0.1) is 11.3 Å². The van der Waals surface area contributed by atoms with Crippen LogP contribution in [0.1, 0.15) is 22.3 Å². The molecule has 0 saturated carbocycles. The zero-order chi connectivity index (χ0) is 13.1. The predicted octanol–water partition coefficient (Wildman–Crippen LogP) is 2.48. The standard InChI is InChI=1S/C12H13F2N3S/c1-7-6-18-11(16-7)5-10(17-15)8-3-2-4-9(13)12(8)14/h2-4,6,10,17H,5,15H2,1H3. The summed E-state index contributed by atoms with van der Waals surface area (Å²) in [7, 11) is 0. The zero-order valence-electron chi connectivity index (χ0n) is 9.78. The minimum absolute atomic E-state index is 0.213. The van der Waals surface area contributed by atoms with E-state index < -0.39 is 17.7 Å². The van der Waals surface area contributed by atoms with Crippen molar-refractivity contribution >= 4 is 11.3 Å². The first-order valence-electron chi connectivity index (χ1n) is 5.43. The maximum absolute atomic E-state index is 13.7. The number of hydrogen-bond donors (Lipinski definition) is 2. The van der Waals surface area contributed by atoms with E-state index in [1.54, 1.807) is 0 Å². The summed E-state index contributed by atoms with van der Waals surface area (Å²) in [6, 6.07) is 3.57. The summed E-state index contributed by atoms with van der Waals surface area (Å²) in [5.74, 6) is 3.68. The molecule has 0 spiro atoms. The number of hydrazine groups is 1. The van der Waals surface area contributed by atoms with Gasteiger partial charge in [-0.1, -0.05) is 12.1 Å². The summed E-state index contributed by atoms with van der Waals surface area (Å²) in [4.78, 5) is 4.28. The fraction of sp³-hybridized carbons (Fsp3) is 0.250. The molecule has 0 aliphatic heterocycles. The Morgan fingerprint density at radius 2 is 2.22 bits per heavy atom. The second-order valence-corrected chi connectivity index (χ2v) is 4.89. The van der Waals surface area contributed by atoms with E-state index in [2.05, 4.69) is 10.4 Å². The number of aryl methyl sites for hydroxylation is 1. The fourth-order valence-electron chi connectivity index (χ4n) is 1.72. The number of aromatic nitrogens is 1. The van der Waals surface area contributed by atoms with Gasteiger partial charge in [-0.05, 0) is 13.0 Å². The first kappa shape index (κ1) is 13.1. The van der Waals surface area contributed by atoms with Gasteiger partial charge in [0.05, 0.1) is 11.0 Å². The molecule has 18 heavy (non-hydrogen) atoms. The summed E-state index contributed by atoms with van der Waals surface area (Å²) in [6.07, 6.45) is 0.426. The molecule has 1 heterocycles. The van der Waals surface area contributed by atoms with E-state index in [-0.39, 0.29) is 5.56 Å². The molecule has 1 aromatic carbocycles. The number of nitrogens with zero attached hydrogens (tertiary/aromatic N) is 1. The Hall–Kier alpha value is -1.37. The minimum Gasteiger partial charge on any atom is -0.271 e. The summed E-state index contributed by atoms with van der Waals surface area (Å²) in [5, 5.41) is 2.74. The summed E-state index contributed by atoms with van der Waals surface area (Å²) < 4.78 is 26.8. The third-order valence-electron chi connectivity index (χ3n) is 2.60. The number of hydrogen-bond acceptors (Lipinski definition) is 4. The smallest absolute Gasteiger partial charge is 0.163 e. The lowest BCUT2D eigenvalue weighted by molar-refractivity contribution is 0.464. The lowest BCUT2D eigenvalue weighted by Gasteiger charge is -2.15. The van der Waals surface area contributed by atoms with Crippen LogP contribution in [0.3, 0.4) is 0 Å². The Kier molecular flexibility index (Phi) is 4.00. The number of thiazole rings is 1. The normalized spacial score (nSPS) is 12.7. The van der Waals surface area contributed by atoms with Crippen LogP contribution >= 0.6 is 11.3 Å². The fourth-order valence-corrected chi connectivity index (χ4v) is 2.54. The molecule has 0 amide bonds. The van der Waals surface area contributed by atoms with Crippen molar-refractivity contribution in [3.63, 3.8) is 0 Å². The quantitative estimate of drug-likeness (QED) is 0.662. The van der Waals surface area contributed by atoms with Crippen molar-refractivity contribution in [2.24, 2.45) is 5.84 Å². The molecule has 2 aromatic rings. The monoisotopic (exact) mass is 269 g/mol. The van der Waals surface area contributed by atoms with Gasteiger partial charge >= 0.3 is 0 Å². The van der Waals surface area contributed by atoms with E-state index in [1.807, 2.05) is 12.3 Å². The lowest BCUT2D eigenvalue weighted by Crippen LogP contribution is -2.30. The average molecular weight is 269 g/mol. The number of nitrogens with two attached hydrogens (primary N) is 1. The van der Waals surface area contributed by atoms with Crippen LogP contribution in [-0.4, -0.2) is 4.98 Å². The number of halogens is 2. The van der Waals surface area contributed by atoms with Gasteiger partial charge in [0, 0.05) is 23.1 Å². The highest BCUT2D eigenvalue weighted by Crippen LogP contribution is 2.23. The lowest BCUT2D eigenvalue weighted by atomic mass is 10.0. The van der Waals surface area contributed by atoms with Crippen LogP contribution in [0.5, 0.6) is 0 Å². The molecular formula is C12H13F2N3S. The largest absolute Gasteiger partial charge is 0.271 e. The third kappa shape index (κ3) is 2.72. The molecule has 1 aromatic heterocycles. The Labute approximate surface area is 108 Å². The molecule has 96 valence electrons. The van der Waals surface area contributed by atoms with Crippen LogP contribution < -0.4 is 11.3 Å². The molecule has 3 nitrogen and oxygen atoms in total. The maximum Gasteiger partial charge on any atom is 0.163 e. The van der Waals surface area contributed by atoms with Crippen molar-refractivity contribution in [1.29, 1.82) is 0 Å². The molecule has 6 heteroatoms. The molecule has 2 rings (SSSR count). The van der Waals surface area contributed by atoms with Crippen LogP contribution in [0.15, 0.2) is 23.6 Å². The van der Waals surface area contributed by atoms with Crippen molar-refractivity contribution in [3.05, 3.63) is 51.5 Å². The van der Waals surface area contributed by atoms with Crippen LogP contribution in [0.4, 0.5) is 8.78 Å². The van der Waals surface area contributed by atoms with Gasteiger partial charge in [-0.2, -0.15) is 0 Å². The second-order valence-electron chi connectivity index (χ2n) is 3.95. The van der Waals surface area contributed by atoms with Crippen molar-refractivity contribution in [2.75, 3.05) is 0 Å². The van der Waals surface area contributed by atoms with Crippen LogP contribution in [0.2, 0.25) is 0 Å². The van der Waals surface area contributed by atoms with Crippen molar-refractivity contribution in [1.82, 2.24) is 10.4 Å². The second kappa shape index (κ2) is 5.51. The van der Waals surface area contributed by atoms with Gasteiger partial charge in [0.2, 0.25) is 0 Å². The Morgan fingerprint density at radius 1 is 1.44 bits per heavy atom. The van der Waals surface area contributed by atoms with Crippen molar-refractivity contribution in [2.45, 2.75) is 19.4 Å². The SMILES string of the molecule is Cc1csc(CC(NN)c2cccc(F)c2F)n1. The first-order valence-corrected chi connectivity index (χ1v) is 6.31. The minimum atomic E-state index is -0.872. The highest BCUT2D eigenvalue weighted by molar-refractivity contribution is 7.09. The van der Waals surface area contributed by atoms with E-state index in [1.165, 1.54) is 23.5 Å². The first-order chi connectivity index (χ1) is 8.61. The van der Waals surface area contributed by atoms with E-state index in [0.717, 1.165) is 16.8 Å². The van der Waals surface area contributed by atoms with E-state index in [4.69, 9.17) is 5.84 Å². The molecule has 0 aliphatic rings. The van der Waals surface area contributed by atoms with Gasteiger partial charge < -0.3 is 0 Å². The highest BCUT2D eigenvalue weighted by atomic mass is 32.1. The van der Waals surface area contributed by atoms with E-state index in [0.29, 0.717) is 6.42 Å². The molecule has 1 unspecified atom stereocenters. The molecule has 0 fully saturated rings. The summed E-state index contributed by atoms with van der Waals surface area (Å²) in [5.41, 5.74) is 3.63. The zero-order valence-corrected chi connectivity index (χ0v) is 10.6. The van der Waals surface area contributed by atoms with Gasteiger partial charge in [0.1, 0.15) is 0 Å². The number of rotatable bonds is 4. The van der Waals surface area contributed by atoms with Gasteiger partial charge in [0.15, 0.2) is 11.6 Å². The predicted molar refractivity (Wildman–Crippen MR) is 67.0 cm³/mol. The molecule has 0 radical (unpaired) electrons. The molecule has 0 aliphatic carbocycles. The van der Waals surface area contributed by atoms with Crippen molar-refractivity contribution in [3.8, 4) is 0 Å². The molecule has 3 N–H and O–H groups in total. The Bertz CT molecular complexity index is 542. The highest BCUT2D eigenvalue weighted by Gasteiger charge is 2.18. The molecular weight excluding hydrogens is 256 g/mol. The van der Waals surface area contributed by atoms with Gasteiger partial charge in [-0.25, -0.2) is 13.8 Å². The molecule has 0 saturated heterocycles. The molecule has 0 bridgehead atoms. The Morgan fingerprint density at radius 3 is 2.83 bits per heavy atom. The van der Waals surface area contributed by atoms with Crippen molar-refractivity contribution < 1.29 is 8.78 Å². The van der Waals surface area contributed by atoms with E-state index in [9.17, 15) is 8.78 Å². The van der Waals surface area contributed by atoms with Gasteiger partial charge in [0.25, 0.3) is 0 Å². The maximum atomic E-state index is 13.7. The Balaban J connectivity index is 2.25. The number of benzene rings is 1. The van der Waals surface area contributed by atoms with Crippen LogP contribution in [0.25, 0.3) is 0 Å². The van der Waals surface area contributed by atoms with Crippen LogP contribution in [0, 0.1) is 18.6 Å². The molecule has 1 atom stereocenters. The van der Waals surface area contributed by atoms with E-state index >= 15 is 0 Å². The summed E-state index contributed by atoms with van der Waals surface area (Å²) in [6.45, 7) is 1.88. The third-order valence-corrected chi connectivity index (χ3v) is 3.59. The average Bonchev–Trinajstić information content (AvgIpc) is 2.76. The topological polar surface area (TPSA) is 50.9 Å².